The Labute approximate surface area is 117 Å². The predicted octanol–water partition coefficient (Wildman–Crippen LogP) is 3.95. The third-order valence-electron chi connectivity index (χ3n) is 2.77. The molecule has 1 aromatic heterocycles. The fourth-order valence-electron chi connectivity index (χ4n) is 1.70. The molecule has 0 radical (unpaired) electrons. The van der Waals surface area contributed by atoms with Crippen LogP contribution in [0.2, 0.25) is 0 Å². The first-order valence-electron chi connectivity index (χ1n) is 6.74. The van der Waals surface area contributed by atoms with Crippen LogP contribution in [0.4, 0.5) is 13.2 Å². The van der Waals surface area contributed by atoms with Crippen molar-refractivity contribution in [2.24, 2.45) is 0 Å². The van der Waals surface area contributed by atoms with Gasteiger partial charge in [0.1, 0.15) is 18.1 Å². The Bertz CT molecular complexity index is 400. The zero-order chi connectivity index (χ0) is 15.2. The van der Waals surface area contributed by atoms with Crippen molar-refractivity contribution >= 4 is 0 Å². The van der Waals surface area contributed by atoms with Crippen LogP contribution in [0.1, 0.15) is 43.8 Å². The summed E-state index contributed by atoms with van der Waals surface area (Å²) in [5.41, 5.74) is 1.05. The molecule has 0 aromatic carbocycles. The summed E-state index contributed by atoms with van der Waals surface area (Å²) < 4.78 is 46.5. The van der Waals surface area contributed by atoms with E-state index >= 15 is 0 Å². The number of aryl methyl sites for hydroxylation is 1. The third-order valence-corrected chi connectivity index (χ3v) is 2.77. The molecule has 1 aromatic rings. The van der Waals surface area contributed by atoms with Crippen molar-refractivity contribution in [3.63, 3.8) is 0 Å². The van der Waals surface area contributed by atoms with E-state index in [0.717, 1.165) is 11.3 Å². The van der Waals surface area contributed by atoms with Crippen molar-refractivity contribution in [3.8, 4) is 0 Å². The Hall–Kier alpha value is -1.01. The fraction of sp³-hybridized carbons (Fsp3) is 0.714. The number of ether oxygens (including phenoxy) is 1. The first-order chi connectivity index (χ1) is 9.28. The molecule has 0 saturated heterocycles. The average Bonchev–Trinajstić information content (AvgIpc) is 2.65. The molecule has 0 bridgehead atoms. The molecule has 0 fully saturated rings. The highest BCUT2D eigenvalue weighted by Gasteiger charge is 2.25. The lowest BCUT2D eigenvalue weighted by atomic mass is 10.2. The number of halogens is 3. The maximum absolute atomic E-state index is 11.9. The maximum Gasteiger partial charge on any atom is 0.389 e. The standard InChI is InChI=1S/C14H22F3NO2/c1-10(2)18-8-12-7-13(20-11(12)3)9-19-6-4-5-14(15,16)17/h7,10,18H,4-6,8-9H2,1-3H3. The minimum Gasteiger partial charge on any atom is -0.464 e. The largest absolute Gasteiger partial charge is 0.464 e. The minimum absolute atomic E-state index is 0.0229. The van der Waals surface area contributed by atoms with E-state index in [1.54, 1.807) is 0 Å². The van der Waals surface area contributed by atoms with Crippen LogP contribution in [0.15, 0.2) is 10.5 Å². The molecule has 20 heavy (non-hydrogen) atoms. The van der Waals surface area contributed by atoms with Crippen molar-refractivity contribution in [2.75, 3.05) is 6.61 Å². The Morgan fingerprint density at radius 3 is 2.65 bits per heavy atom. The van der Waals surface area contributed by atoms with Gasteiger partial charge in [0, 0.05) is 31.2 Å². The second-order valence-electron chi connectivity index (χ2n) is 5.10. The number of hydrogen-bond acceptors (Lipinski definition) is 3. The third kappa shape index (κ3) is 6.96. The highest BCUT2D eigenvalue weighted by Crippen LogP contribution is 2.21. The van der Waals surface area contributed by atoms with Gasteiger partial charge in [-0.3, -0.25) is 0 Å². The molecule has 6 heteroatoms. The van der Waals surface area contributed by atoms with Gasteiger partial charge in [0.05, 0.1) is 0 Å². The second-order valence-corrected chi connectivity index (χ2v) is 5.10. The Morgan fingerprint density at radius 1 is 1.35 bits per heavy atom. The van der Waals surface area contributed by atoms with Crippen LogP contribution < -0.4 is 5.32 Å². The van der Waals surface area contributed by atoms with Gasteiger partial charge >= 0.3 is 6.18 Å². The molecule has 3 nitrogen and oxygen atoms in total. The topological polar surface area (TPSA) is 34.4 Å². The van der Waals surface area contributed by atoms with Gasteiger partial charge in [0.15, 0.2) is 0 Å². The van der Waals surface area contributed by atoms with Crippen molar-refractivity contribution in [3.05, 3.63) is 23.2 Å². The molecule has 0 aliphatic carbocycles. The minimum atomic E-state index is -4.11. The summed E-state index contributed by atoms with van der Waals surface area (Å²) in [6.45, 7) is 6.98. The molecule has 116 valence electrons. The lowest BCUT2D eigenvalue weighted by Gasteiger charge is -2.06. The van der Waals surface area contributed by atoms with E-state index in [1.165, 1.54) is 0 Å². The monoisotopic (exact) mass is 293 g/mol. The summed E-state index contributed by atoms with van der Waals surface area (Å²) in [5.74, 6) is 1.46. The summed E-state index contributed by atoms with van der Waals surface area (Å²) in [7, 11) is 0. The fourth-order valence-corrected chi connectivity index (χ4v) is 1.70. The molecule has 1 heterocycles. The smallest absolute Gasteiger partial charge is 0.389 e. The van der Waals surface area contributed by atoms with Gasteiger partial charge in [-0.05, 0) is 19.4 Å². The van der Waals surface area contributed by atoms with Crippen LogP contribution >= 0.6 is 0 Å². The van der Waals surface area contributed by atoms with Gasteiger partial charge in [0.2, 0.25) is 0 Å². The second kappa shape index (κ2) is 7.69. The first-order valence-corrected chi connectivity index (χ1v) is 6.74. The molecule has 1 N–H and O–H groups in total. The van der Waals surface area contributed by atoms with Crippen LogP contribution in [0, 0.1) is 6.92 Å². The van der Waals surface area contributed by atoms with E-state index in [1.807, 2.05) is 13.0 Å². The zero-order valence-electron chi connectivity index (χ0n) is 12.1. The van der Waals surface area contributed by atoms with E-state index in [4.69, 9.17) is 9.15 Å². The van der Waals surface area contributed by atoms with Crippen LogP contribution in [0.5, 0.6) is 0 Å². The van der Waals surface area contributed by atoms with E-state index in [-0.39, 0.29) is 19.6 Å². The molecule has 0 aliphatic rings. The van der Waals surface area contributed by atoms with Crippen molar-refractivity contribution < 1.29 is 22.3 Å². The highest BCUT2D eigenvalue weighted by atomic mass is 19.4. The molecule has 0 atom stereocenters. The summed E-state index contributed by atoms with van der Waals surface area (Å²) in [6.07, 6.45) is -4.95. The lowest BCUT2D eigenvalue weighted by molar-refractivity contribution is -0.138. The van der Waals surface area contributed by atoms with Gasteiger partial charge in [-0.25, -0.2) is 0 Å². The molecular formula is C14H22F3NO2. The summed E-state index contributed by atoms with van der Waals surface area (Å²) in [5, 5.41) is 3.28. The van der Waals surface area contributed by atoms with Crippen LogP contribution in [-0.4, -0.2) is 18.8 Å². The number of hydrogen-bond donors (Lipinski definition) is 1. The van der Waals surface area contributed by atoms with Crippen LogP contribution in [0.3, 0.4) is 0 Å². The highest BCUT2D eigenvalue weighted by molar-refractivity contribution is 5.20. The van der Waals surface area contributed by atoms with Crippen molar-refractivity contribution in [1.82, 2.24) is 5.32 Å². The van der Waals surface area contributed by atoms with E-state index in [2.05, 4.69) is 19.2 Å². The van der Waals surface area contributed by atoms with Gasteiger partial charge in [-0.15, -0.1) is 0 Å². The first kappa shape index (κ1) is 17.0. The lowest BCUT2D eigenvalue weighted by Crippen LogP contribution is -2.21. The average molecular weight is 293 g/mol. The number of alkyl halides is 3. The number of furan rings is 1. The number of rotatable bonds is 8. The van der Waals surface area contributed by atoms with E-state index in [9.17, 15) is 13.2 Å². The quantitative estimate of drug-likeness (QED) is 0.737. The van der Waals surface area contributed by atoms with Gasteiger partial charge in [0.25, 0.3) is 0 Å². The summed E-state index contributed by atoms with van der Waals surface area (Å²) in [6, 6.07) is 2.26. The zero-order valence-corrected chi connectivity index (χ0v) is 12.1. The van der Waals surface area contributed by atoms with Crippen LogP contribution in [0.25, 0.3) is 0 Å². The molecule has 0 saturated carbocycles. The number of nitrogens with one attached hydrogen (secondary N) is 1. The summed E-state index contributed by atoms with van der Waals surface area (Å²) in [4.78, 5) is 0. The van der Waals surface area contributed by atoms with Gasteiger partial charge in [-0.2, -0.15) is 13.2 Å². The van der Waals surface area contributed by atoms with Crippen molar-refractivity contribution in [1.29, 1.82) is 0 Å². The Balaban J connectivity index is 2.29. The normalized spacial score (nSPS) is 12.3. The van der Waals surface area contributed by atoms with Crippen molar-refractivity contribution in [2.45, 2.75) is 59.0 Å². The molecule has 0 amide bonds. The Morgan fingerprint density at radius 2 is 2.05 bits per heavy atom. The maximum atomic E-state index is 11.9. The molecular weight excluding hydrogens is 271 g/mol. The predicted molar refractivity (Wildman–Crippen MR) is 70.4 cm³/mol. The molecule has 1 rings (SSSR count). The van der Waals surface area contributed by atoms with Gasteiger partial charge in [-0.1, -0.05) is 13.8 Å². The molecule has 0 unspecified atom stereocenters. The SMILES string of the molecule is Cc1oc(COCCCC(F)(F)F)cc1CNC(C)C. The van der Waals surface area contributed by atoms with E-state index < -0.39 is 12.6 Å². The Kier molecular flexibility index (Phi) is 6.55. The molecule has 0 spiro atoms. The van der Waals surface area contributed by atoms with E-state index in [0.29, 0.717) is 18.3 Å². The summed E-state index contributed by atoms with van der Waals surface area (Å²) >= 11 is 0. The van der Waals surface area contributed by atoms with Crippen LogP contribution in [-0.2, 0) is 17.9 Å². The molecule has 0 aliphatic heterocycles. The van der Waals surface area contributed by atoms with Gasteiger partial charge < -0.3 is 14.5 Å².